The molecule has 3 aromatic rings. The summed E-state index contributed by atoms with van der Waals surface area (Å²) in [7, 11) is 0. The number of rotatable bonds is 10. The summed E-state index contributed by atoms with van der Waals surface area (Å²) in [5, 5.41) is 13.2. The first-order valence-corrected chi connectivity index (χ1v) is 13.7. The van der Waals surface area contributed by atoms with E-state index in [1.807, 2.05) is 66.0 Å². The molecule has 2 saturated heterocycles. The zero-order valence-electron chi connectivity index (χ0n) is 22.0. The molecule has 0 spiro atoms. The van der Waals surface area contributed by atoms with Gasteiger partial charge in [0.15, 0.2) is 0 Å². The summed E-state index contributed by atoms with van der Waals surface area (Å²) in [6, 6.07) is 17.4. The Morgan fingerprint density at radius 2 is 1.87 bits per heavy atom. The molecule has 3 heterocycles. The van der Waals surface area contributed by atoms with Crippen LogP contribution in [0.2, 0.25) is 5.02 Å². The molecule has 8 nitrogen and oxygen atoms in total. The predicted octanol–water partition coefficient (Wildman–Crippen LogP) is 3.39. The number of hydrogen-bond donors (Lipinski definition) is 1. The smallest absolute Gasteiger partial charge is 0.240 e. The van der Waals surface area contributed by atoms with Crippen molar-refractivity contribution >= 4 is 29.9 Å². The highest BCUT2D eigenvalue weighted by Crippen LogP contribution is 2.23. The third-order valence-electron chi connectivity index (χ3n) is 7.49. The van der Waals surface area contributed by atoms with Gasteiger partial charge in [0.25, 0.3) is 0 Å². The molecular weight excluding hydrogens is 533 g/mol. The van der Waals surface area contributed by atoms with Crippen molar-refractivity contribution in [1.82, 2.24) is 29.6 Å². The van der Waals surface area contributed by atoms with Gasteiger partial charge in [0.2, 0.25) is 5.91 Å². The standard InChI is InChI=1S/C29H34ClN7O.ClH/c30-26-3-1-2-25(16-26)20-36-11-8-28(29(36)38)35(15-14-34-12-9-32-10-13-34)21-27-18-33-22-37(27)19-24-6-4-23(17-31)5-7-24;/h1-7,16,18,22,28,32H,8-15,19-21H2;1H/t28-;/m0./s1. The summed E-state index contributed by atoms with van der Waals surface area (Å²) in [5.74, 6) is 0.184. The lowest BCUT2D eigenvalue weighted by Crippen LogP contribution is -2.49. The number of hydrogen-bond acceptors (Lipinski definition) is 6. The number of amides is 1. The van der Waals surface area contributed by atoms with Gasteiger partial charge in [0.05, 0.1) is 29.7 Å². The first-order valence-electron chi connectivity index (χ1n) is 13.3. The van der Waals surface area contributed by atoms with Gasteiger partial charge < -0.3 is 14.8 Å². The zero-order valence-corrected chi connectivity index (χ0v) is 23.6. The zero-order chi connectivity index (χ0) is 26.3. The molecule has 1 amide bonds. The Bertz CT molecular complexity index is 1270. The fourth-order valence-electron chi connectivity index (χ4n) is 5.34. The lowest BCUT2D eigenvalue weighted by Gasteiger charge is -2.33. The van der Waals surface area contributed by atoms with Crippen molar-refractivity contribution in [3.63, 3.8) is 0 Å². The highest BCUT2D eigenvalue weighted by molar-refractivity contribution is 6.30. The van der Waals surface area contributed by atoms with E-state index >= 15 is 0 Å². The number of likely N-dealkylation sites (tertiary alicyclic amines) is 1. The Kier molecular flexibility index (Phi) is 10.4. The summed E-state index contributed by atoms with van der Waals surface area (Å²) in [6.45, 7) is 8.49. The Morgan fingerprint density at radius 1 is 1.08 bits per heavy atom. The summed E-state index contributed by atoms with van der Waals surface area (Å²) in [6.07, 6.45) is 4.57. The third kappa shape index (κ3) is 7.59. The van der Waals surface area contributed by atoms with Crippen LogP contribution in [0.25, 0.3) is 0 Å². The number of nitrogens with one attached hydrogen (secondary N) is 1. The molecule has 0 bridgehead atoms. The van der Waals surface area contributed by atoms with E-state index in [2.05, 4.69) is 30.7 Å². The highest BCUT2D eigenvalue weighted by atomic mass is 35.5. The minimum absolute atomic E-state index is 0. The van der Waals surface area contributed by atoms with Gasteiger partial charge in [-0.15, -0.1) is 12.4 Å². The van der Waals surface area contributed by atoms with Crippen LogP contribution in [0, 0.1) is 11.3 Å². The summed E-state index contributed by atoms with van der Waals surface area (Å²) < 4.78 is 2.14. The quantitative estimate of drug-likeness (QED) is 0.404. The van der Waals surface area contributed by atoms with Crippen molar-refractivity contribution in [2.75, 3.05) is 45.8 Å². The molecule has 0 aliphatic carbocycles. The van der Waals surface area contributed by atoms with E-state index in [0.717, 1.165) is 69.1 Å². The van der Waals surface area contributed by atoms with Crippen LogP contribution >= 0.6 is 24.0 Å². The largest absolute Gasteiger partial charge is 0.337 e. The summed E-state index contributed by atoms with van der Waals surface area (Å²) >= 11 is 6.19. The van der Waals surface area contributed by atoms with Crippen LogP contribution in [0.1, 0.15) is 28.8 Å². The van der Waals surface area contributed by atoms with Crippen molar-refractivity contribution in [3.05, 3.63) is 88.5 Å². The van der Waals surface area contributed by atoms with E-state index in [-0.39, 0.29) is 24.4 Å². The van der Waals surface area contributed by atoms with E-state index in [4.69, 9.17) is 16.9 Å². The molecule has 206 valence electrons. The van der Waals surface area contributed by atoms with Gasteiger partial charge in [0.1, 0.15) is 0 Å². The Morgan fingerprint density at radius 3 is 2.62 bits per heavy atom. The number of nitriles is 1. The van der Waals surface area contributed by atoms with Gasteiger partial charge >= 0.3 is 0 Å². The number of carbonyl (C=O) groups excluding carboxylic acids is 1. The molecule has 10 heteroatoms. The van der Waals surface area contributed by atoms with E-state index in [1.54, 1.807) is 0 Å². The van der Waals surface area contributed by atoms with Crippen LogP contribution in [0.5, 0.6) is 0 Å². The molecule has 2 aliphatic rings. The average Bonchev–Trinajstić information content (AvgIpc) is 3.53. The van der Waals surface area contributed by atoms with Gasteiger partial charge in [-0.1, -0.05) is 35.9 Å². The van der Waals surface area contributed by atoms with Gasteiger partial charge in [0, 0.05) is 76.7 Å². The Labute approximate surface area is 241 Å². The summed E-state index contributed by atoms with van der Waals surface area (Å²) in [4.78, 5) is 24.8. The normalized spacial score (nSPS) is 17.8. The van der Waals surface area contributed by atoms with E-state index in [9.17, 15) is 4.79 Å². The molecule has 0 saturated carbocycles. The van der Waals surface area contributed by atoms with Gasteiger partial charge in [-0.25, -0.2) is 4.98 Å². The number of carbonyl (C=O) groups is 1. The van der Waals surface area contributed by atoms with Crippen LogP contribution in [-0.2, 0) is 24.4 Å². The Balaban J connectivity index is 0.00000353. The van der Waals surface area contributed by atoms with E-state index in [0.29, 0.717) is 30.2 Å². The van der Waals surface area contributed by atoms with E-state index in [1.165, 1.54) is 0 Å². The van der Waals surface area contributed by atoms with Gasteiger partial charge in [-0.2, -0.15) is 5.26 Å². The molecule has 2 aliphatic heterocycles. The van der Waals surface area contributed by atoms with Crippen LogP contribution in [0.3, 0.4) is 0 Å². The molecule has 5 rings (SSSR count). The van der Waals surface area contributed by atoms with Crippen molar-refractivity contribution in [2.45, 2.75) is 32.1 Å². The van der Waals surface area contributed by atoms with Crippen molar-refractivity contribution in [3.8, 4) is 6.07 Å². The van der Waals surface area contributed by atoms with Crippen molar-refractivity contribution in [1.29, 1.82) is 5.26 Å². The molecule has 2 aromatic carbocycles. The van der Waals surface area contributed by atoms with Crippen LogP contribution in [0.4, 0.5) is 0 Å². The molecule has 1 N–H and O–H groups in total. The molecule has 2 fully saturated rings. The van der Waals surface area contributed by atoms with Crippen LogP contribution in [0.15, 0.2) is 61.1 Å². The molecule has 0 radical (unpaired) electrons. The lowest BCUT2D eigenvalue weighted by atomic mass is 10.1. The molecule has 1 atom stereocenters. The van der Waals surface area contributed by atoms with E-state index < -0.39 is 0 Å². The third-order valence-corrected chi connectivity index (χ3v) is 7.72. The maximum atomic E-state index is 13.6. The fraction of sp³-hybridized carbons (Fsp3) is 0.414. The first-order chi connectivity index (χ1) is 18.6. The summed E-state index contributed by atoms with van der Waals surface area (Å²) in [5.41, 5.74) is 3.90. The number of piperazine rings is 1. The fourth-order valence-corrected chi connectivity index (χ4v) is 5.55. The molecular formula is C29H35Cl2N7O. The van der Waals surface area contributed by atoms with Crippen molar-refractivity contribution < 1.29 is 4.79 Å². The lowest BCUT2D eigenvalue weighted by molar-refractivity contribution is -0.133. The number of imidazole rings is 1. The highest BCUT2D eigenvalue weighted by Gasteiger charge is 2.36. The first kappa shape index (κ1) is 29.1. The van der Waals surface area contributed by atoms with Crippen LogP contribution in [-0.4, -0.2) is 82.0 Å². The molecule has 0 unspecified atom stereocenters. The average molecular weight is 569 g/mol. The number of benzene rings is 2. The second-order valence-electron chi connectivity index (χ2n) is 10.1. The minimum Gasteiger partial charge on any atom is -0.337 e. The number of aromatic nitrogens is 2. The predicted molar refractivity (Wildman–Crippen MR) is 155 cm³/mol. The Hall–Kier alpha value is -2.93. The molecule has 1 aromatic heterocycles. The maximum absolute atomic E-state index is 13.6. The molecule has 39 heavy (non-hydrogen) atoms. The number of nitrogens with zero attached hydrogens (tertiary/aromatic N) is 6. The van der Waals surface area contributed by atoms with Crippen molar-refractivity contribution in [2.24, 2.45) is 0 Å². The second kappa shape index (κ2) is 13.9. The topological polar surface area (TPSA) is 80.4 Å². The SMILES string of the molecule is Cl.N#Cc1ccc(Cn2cncc2CN(CCN2CCNCC2)[C@H]2CCN(Cc3cccc(Cl)c3)C2=O)cc1. The monoisotopic (exact) mass is 567 g/mol. The van der Waals surface area contributed by atoms with Crippen LogP contribution < -0.4 is 5.32 Å². The van der Waals surface area contributed by atoms with Gasteiger partial charge in [-0.3, -0.25) is 14.6 Å². The second-order valence-corrected chi connectivity index (χ2v) is 10.5. The minimum atomic E-state index is -0.157. The maximum Gasteiger partial charge on any atom is 0.240 e. The van der Waals surface area contributed by atoms with Gasteiger partial charge in [-0.05, 0) is 41.8 Å². The number of halogens is 2.